The van der Waals surface area contributed by atoms with Gasteiger partial charge in [0.2, 0.25) is 0 Å². The maximum absolute atomic E-state index is 13.8. The van der Waals surface area contributed by atoms with Crippen molar-refractivity contribution >= 4 is 17.0 Å². The number of halogens is 2. The van der Waals surface area contributed by atoms with Crippen LogP contribution in [0, 0.1) is 11.6 Å². The summed E-state index contributed by atoms with van der Waals surface area (Å²) in [6.07, 6.45) is 0. The van der Waals surface area contributed by atoms with Crippen LogP contribution in [0.1, 0.15) is 17.0 Å². The number of fused-ring (bicyclic) bond motifs is 1. The summed E-state index contributed by atoms with van der Waals surface area (Å²) in [6.45, 7) is 0.237. The minimum Gasteiger partial charge on any atom is -0.481 e. The fraction of sp³-hybridized carbons (Fsp3) is 0.176. The van der Waals surface area contributed by atoms with Crippen LogP contribution in [0.3, 0.4) is 0 Å². The molecular formula is C17H15F2N3O3. The Labute approximate surface area is 140 Å². The highest BCUT2D eigenvalue weighted by Gasteiger charge is 2.23. The number of carbonyl (C=O) groups is 1. The fourth-order valence-electron chi connectivity index (χ4n) is 2.66. The zero-order valence-electron chi connectivity index (χ0n) is 13.0. The second kappa shape index (κ2) is 6.86. The molecule has 3 rings (SSSR count). The molecule has 0 aliphatic heterocycles. The zero-order valence-corrected chi connectivity index (χ0v) is 13.0. The summed E-state index contributed by atoms with van der Waals surface area (Å²) >= 11 is 0. The van der Waals surface area contributed by atoms with Gasteiger partial charge in [0.1, 0.15) is 11.6 Å². The Hall–Kier alpha value is -3.00. The van der Waals surface area contributed by atoms with Gasteiger partial charge in [0.15, 0.2) is 0 Å². The molecule has 0 amide bonds. The molecule has 0 saturated heterocycles. The molecule has 1 heterocycles. The lowest BCUT2D eigenvalue weighted by molar-refractivity contribution is -0.138. The van der Waals surface area contributed by atoms with Crippen molar-refractivity contribution in [1.82, 2.24) is 15.3 Å². The van der Waals surface area contributed by atoms with E-state index in [4.69, 9.17) is 0 Å². The number of carboxylic acid groups (broad SMARTS) is 1. The highest BCUT2D eigenvalue weighted by atomic mass is 19.1. The van der Waals surface area contributed by atoms with Gasteiger partial charge in [0.25, 0.3) is 0 Å². The van der Waals surface area contributed by atoms with Crippen LogP contribution in [0.15, 0.2) is 41.2 Å². The number of carboxylic acids is 1. The summed E-state index contributed by atoms with van der Waals surface area (Å²) in [5, 5.41) is 12.2. The molecule has 0 saturated carbocycles. The monoisotopic (exact) mass is 347 g/mol. The maximum Gasteiger partial charge on any atom is 0.323 e. The highest BCUT2D eigenvalue weighted by Crippen LogP contribution is 2.21. The minimum absolute atomic E-state index is 0.0720. The number of hydrogen-bond donors (Lipinski definition) is 4. The van der Waals surface area contributed by atoms with Gasteiger partial charge in [-0.25, -0.2) is 13.6 Å². The minimum atomic E-state index is -1.25. The number of rotatable bonds is 6. The van der Waals surface area contributed by atoms with Gasteiger partial charge in [-0.3, -0.25) is 4.79 Å². The molecule has 0 aliphatic carbocycles. The third-order valence-corrected chi connectivity index (χ3v) is 3.89. The number of aromatic nitrogens is 2. The lowest BCUT2D eigenvalue weighted by Crippen LogP contribution is -2.27. The van der Waals surface area contributed by atoms with E-state index in [9.17, 15) is 23.5 Å². The standard InChI is InChI=1S/C17H15F2N3O3/c18-10-2-3-13(19)11(6-10)12(16(23)24)8-20-7-9-1-4-14-15(5-9)22-17(25)21-14/h1-6,12,20H,7-8H2,(H,23,24)(H2,21,22,25). The number of benzene rings is 2. The van der Waals surface area contributed by atoms with Crippen LogP contribution in [-0.4, -0.2) is 27.6 Å². The molecule has 1 atom stereocenters. The molecule has 4 N–H and O–H groups in total. The Bertz CT molecular complexity index is 981. The van der Waals surface area contributed by atoms with Crippen LogP contribution >= 0.6 is 0 Å². The second-order valence-corrected chi connectivity index (χ2v) is 5.65. The van der Waals surface area contributed by atoms with Crippen molar-refractivity contribution in [2.75, 3.05) is 6.54 Å². The summed E-state index contributed by atoms with van der Waals surface area (Å²) in [4.78, 5) is 27.9. The Morgan fingerprint density at radius 3 is 2.64 bits per heavy atom. The van der Waals surface area contributed by atoms with Crippen molar-refractivity contribution in [3.05, 3.63) is 69.6 Å². The first-order chi connectivity index (χ1) is 11.9. The number of nitrogens with one attached hydrogen (secondary N) is 3. The van der Waals surface area contributed by atoms with Gasteiger partial charge in [-0.05, 0) is 35.9 Å². The van der Waals surface area contributed by atoms with Crippen molar-refractivity contribution < 1.29 is 18.7 Å². The molecule has 0 fully saturated rings. The zero-order chi connectivity index (χ0) is 18.0. The summed E-state index contributed by atoms with van der Waals surface area (Å²) in [6, 6.07) is 8.00. The molecule has 1 unspecified atom stereocenters. The lowest BCUT2D eigenvalue weighted by atomic mass is 9.98. The summed E-state index contributed by atoms with van der Waals surface area (Å²) in [7, 11) is 0. The van der Waals surface area contributed by atoms with Crippen LogP contribution in [0.2, 0.25) is 0 Å². The van der Waals surface area contributed by atoms with Crippen molar-refractivity contribution in [3.63, 3.8) is 0 Å². The summed E-state index contributed by atoms with van der Waals surface area (Å²) in [5.41, 5.74) is 1.60. The number of aliphatic carboxylic acids is 1. The van der Waals surface area contributed by atoms with Crippen LogP contribution < -0.4 is 11.0 Å². The first-order valence-corrected chi connectivity index (χ1v) is 7.53. The molecule has 3 aromatic rings. The maximum atomic E-state index is 13.8. The Morgan fingerprint density at radius 1 is 1.12 bits per heavy atom. The number of aromatic amines is 2. The molecule has 0 aliphatic rings. The van der Waals surface area contributed by atoms with Gasteiger partial charge in [-0.2, -0.15) is 0 Å². The molecule has 0 radical (unpaired) electrons. The van der Waals surface area contributed by atoms with E-state index < -0.39 is 23.5 Å². The van der Waals surface area contributed by atoms with E-state index in [1.54, 1.807) is 18.2 Å². The van der Waals surface area contributed by atoms with E-state index in [1.807, 2.05) is 0 Å². The normalized spacial score (nSPS) is 12.4. The Morgan fingerprint density at radius 2 is 1.88 bits per heavy atom. The van der Waals surface area contributed by atoms with Crippen LogP contribution in [0.25, 0.3) is 11.0 Å². The molecule has 0 bridgehead atoms. The van der Waals surface area contributed by atoms with E-state index in [-0.39, 0.29) is 17.8 Å². The predicted octanol–water partition coefficient (Wildman–Crippen LogP) is 2.09. The quantitative estimate of drug-likeness (QED) is 0.549. The van der Waals surface area contributed by atoms with Crippen LogP contribution in [0.4, 0.5) is 8.78 Å². The van der Waals surface area contributed by atoms with Gasteiger partial charge in [-0.1, -0.05) is 6.07 Å². The highest BCUT2D eigenvalue weighted by molar-refractivity contribution is 5.76. The molecule has 25 heavy (non-hydrogen) atoms. The van der Waals surface area contributed by atoms with Crippen molar-refractivity contribution in [1.29, 1.82) is 0 Å². The van der Waals surface area contributed by atoms with Gasteiger partial charge >= 0.3 is 11.7 Å². The number of imidazole rings is 1. The van der Waals surface area contributed by atoms with Crippen molar-refractivity contribution in [2.24, 2.45) is 0 Å². The van der Waals surface area contributed by atoms with E-state index >= 15 is 0 Å². The predicted molar refractivity (Wildman–Crippen MR) is 87.4 cm³/mol. The first kappa shape index (κ1) is 16.8. The third kappa shape index (κ3) is 3.74. The molecular weight excluding hydrogens is 332 g/mol. The topological polar surface area (TPSA) is 98.0 Å². The number of H-pyrrole nitrogens is 2. The molecule has 6 nitrogen and oxygen atoms in total. The largest absolute Gasteiger partial charge is 0.481 e. The SMILES string of the molecule is O=C(O)C(CNCc1ccc2[nH]c(=O)[nH]c2c1)c1cc(F)ccc1F. The average molecular weight is 347 g/mol. The molecule has 8 heteroatoms. The Balaban J connectivity index is 1.71. The number of hydrogen-bond acceptors (Lipinski definition) is 3. The molecule has 130 valence electrons. The lowest BCUT2D eigenvalue weighted by Gasteiger charge is -2.15. The van der Waals surface area contributed by atoms with Crippen LogP contribution in [-0.2, 0) is 11.3 Å². The molecule has 1 aromatic heterocycles. The van der Waals surface area contributed by atoms with E-state index in [0.717, 1.165) is 23.8 Å². The summed E-state index contributed by atoms with van der Waals surface area (Å²) < 4.78 is 27.1. The van der Waals surface area contributed by atoms with Crippen molar-refractivity contribution in [2.45, 2.75) is 12.5 Å². The van der Waals surface area contributed by atoms with Gasteiger partial charge in [0, 0.05) is 18.7 Å². The molecule has 2 aromatic carbocycles. The Kier molecular flexibility index (Phi) is 4.62. The van der Waals surface area contributed by atoms with Crippen LogP contribution in [0.5, 0.6) is 0 Å². The smallest absolute Gasteiger partial charge is 0.323 e. The van der Waals surface area contributed by atoms with Crippen molar-refractivity contribution in [3.8, 4) is 0 Å². The van der Waals surface area contributed by atoms with Gasteiger partial charge in [-0.15, -0.1) is 0 Å². The fourth-order valence-corrected chi connectivity index (χ4v) is 2.66. The van der Waals surface area contributed by atoms with E-state index in [2.05, 4.69) is 15.3 Å². The van der Waals surface area contributed by atoms with E-state index in [1.165, 1.54) is 0 Å². The van der Waals surface area contributed by atoms with E-state index in [0.29, 0.717) is 17.6 Å². The second-order valence-electron chi connectivity index (χ2n) is 5.65. The average Bonchev–Trinajstić information content (AvgIpc) is 2.93. The van der Waals surface area contributed by atoms with Gasteiger partial charge in [0.05, 0.1) is 17.0 Å². The molecule has 0 spiro atoms. The summed E-state index contributed by atoms with van der Waals surface area (Å²) in [5.74, 6) is -3.92. The first-order valence-electron chi connectivity index (χ1n) is 7.53. The third-order valence-electron chi connectivity index (χ3n) is 3.89. The van der Waals surface area contributed by atoms with Gasteiger partial charge < -0.3 is 20.4 Å².